The first-order valence-electron chi connectivity index (χ1n) is 9.80. The molecule has 1 aromatic carbocycles. The van der Waals surface area contributed by atoms with E-state index in [4.69, 9.17) is 4.98 Å². The molecule has 28 heavy (non-hydrogen) atoms. The molecule has 2 aliphatic rings. The predicted molar refractivity (Wildman–Crippen MR) is 105 cm³/mol. The molecule has 1 fully saturated rings. The van der Waals surface area contributed by atoms with Crippen molar-refractivity contribution >= 4 is 23.1 Å². The number of aryl methyl sites for hydroxylation is 1. The molecule has 2 atom stereocenters. The third-order valence-corrected chi connectivity index (χ3v) is 5.92. The molecule has 2 aliphatic heterocycles. The molecule has 1 saturated heterocycles. The lowest BCUT2D eigenvalue weighted by Crippen LogP contribution is -2.25. The topological polar surface area (TPSA) is 62.5 Å². The van der Waals surface area contributed by atoms with E-state index < -0.39 is 0 Å². The van der Waals surface area contributed by atoms with Crippen LogP contribution in [0.3, 0.4) is 0 Å². The second-order valence-corrected chi connectivity index (χ2v) is 7.74. The molecular formula is C21H22FN5O. The standard InChI is InChI=1S/C21H22FN5O/c1-13-4-5-14-6-7-15(22)11-16(14)18-3-2-9-26(18)19-8-10-27-20(25-19)17(12-23-27)24-21(13)28/h6-8,10-13,18H,2-5,9H2,1H3,(H,24,28). The van der Waals surface area contributed by atoms with Gasteiger partial charge in [0, 0.05) is 18.7 Å². The van der Waals surface area contributed by atoms with Gasteiger partial charge >= 0.3 is 0 Å². The fourth-order valence-corrected chi connectivity index (χ4v) is 4.33. The van der Waals surface area contributed by atoms with Crippen molar-refractivity contribution in [3.63, 3.8) is 0 Å². The van der Waals surface area contributed by atoms with Crippen LogP contribution in [0.2, 0.25) is 0 Å². The van der Waals surface area contributed by atoms with E-state index in [1.165, 1.54) is 6.07 Å². The minimum atomic E-state index is -0.220. The molecule has 6 nitrogen and oxygen atoms in total. The van der Waals surface area contributed by atoms with Crippen LogP contribution in [0.25, 0.3) is 5.65 Å². The van der Waals surface area contributed by atoms with Crippen molar-refractivity contribution < 1.29 is 9.18 Å². The molecule has 1 amide bonds. The van der Waals surface area contributed by atoms with Crippen LogP contribution < -0.4 is 10.2 Å². The Kier molecular flexibility index (Phi) is 4.03. The molecule has 0 spiro atoms. The summed E-state index contributed by atoms with van der Waals surface area (Å²) in [6.07, 6.45) is 6.94. The number of carbonyl (C=O) groups excluding carboxylic acids is 1. The Morgan fingerprint density at radius 2 is 2.14 bits per heavy atom. The van der Waals surface area contributed by atoms with E-state index in [-0.39, 0.29) is 23.7 Å². The van der Waals surface area contributed by atoms with Crippen LogP contribution in [0.15, 0.2) is 36.7 Å². The Morgan fingerprint density at radius 1 is 1.25 bits per heavy atom. The first-order chi connectivity index (χ1) is 13.6. The third kappa shape index (κ3) is 2.82. The Bertz CT molecular complexity index is 1060. The minimum absolute atomic E-state index is 0.0505. The quantitative estimate of drug-likeness (QED) is 0.646. The number of nitrogens with one attached hydrogen (secondary N) is 1. The maximum Gasteiger partial charge on any atom is 0.227 e. The van der Waals surface area contributed by atoms with Crippen LogP contribution in [0, 0.1) is 11.7 Å². The molecule has 2 unspecified atom stereocenters. The zero-order valence-electron chi connectivity index (χ0n) is 15.7. The predicted octanol–water partition coefficient (Wildman–Crippen LogP) is 3.73. The van der Waals surface area contributed by atoms with Crippen LogP contribution in [0.1, 0.15) is 43.4 Å². The molecule has 1 N–H and O–H groups in total. The summed E-state index contributed by atoms with van der Waals surface area (Å²) in [4.78, 5) is 19.7. The number of hydrogen-bond donors (Lipinski definition) is 1. The van der Waals surface area contributed by atoms with Gasteiger partial charge in [-0.05, 0) is 55.0 Å². The lowest BCUT2D eigenvalue weighted by molar-refractivity contribution is -0.119. The number of hydrogen-bond acceptors (Lipinski definition) is 4. The fraction of sp³-hybridized carbons (Fsp3) is 0.381. The van der Waals surface area contributed by atoms with E-state index in [0.29, 0.717) is 17.8 Å². The van der Waals surface area contributed by atoms with E-state index in [1.54, 1.807) is 16.8 Å². The number of benzene rings is 1. The van der Waals surface area contributed by atoms with Gasteiger partial charge in [0.1, 0.15) is 17.3 Å². The Balaban J connectivity index is 1.68. The van der Waals surface area contributed by atoms with Gasteiger partial charge in [0.15, 0.2) is 5.65 Å². The van der Waals surface area contributed by atoms with Crippen molar-refractivity contribution in [1.82, 2.24) is 14.6 Å². The number of anilines is 2. The fourth-order valence-electron chi connectivity index (χ4n) is 4.33. The van der Waals surface area contributed by atoms with E-state index in [9.17, 15) is 9.18 Å². The van der Waals surface area contributed by atoms with Gasteiger partial charge in [-0.25, -0.2) is 13.9 Å². The van der Waals surface area contributed by atoms with E-state index in [0.717, 1.165) is 42.8 Å². The monoisotopic (exact) mass is 379 g/mol. The molecule has 0 radical (unpaired) electrons. The minimum Gasteiger partial charge on any atom is -0.349 e. The summed E-state index contributed by atoms with van der Waals surface area (Å²) < 4.78 is 15.8. The van der Waals surface area contributed by atoms with Gasteiger partial charge in [-0.15, -0.1) is 0 Å². The summed E-state index contributed by atoms with van der Waals surface area (Å²) in [6, 6.07) is 7.07. The second kappa shape index (κ2) is 6.58. The van der Waals surface area contributed by atoms with E-state index in [1.807, 2.05) is 25.3 Å². The summed E-state index contributed by atoms with van der Waals surface area (Å²) in [7, 11) is 0. The average molecular weight is 379 g/mol. The van der Waals surface area contributed by atoms with E-state index >= 15 is 0 Å². The van der Waals surface area contributed by atoms with Gasteiger partial charge in [0.25, 0.3) is 0 Å². The molecule has 3 aromatic rings. The maximum absolute atomic E-state index is 14.1. The summed E-state index contributed by atoms with van der Waals surface area (Å²) in [5.41, 5.74) is 3.38. The Hall–Kier alpha value is -2.96. The van der Waals surface area contributed by atoms with Gasteiger partial charge < -0.3 is 10.2 Å². The van der Waals surface area contributed by atoms with Crippen molar-refractivity contribution in [1.29, 1.82) is 0 Å². The van der Waals surface area contributed by atoms with Crippen LogP contribution in [-0.4, -0.2) is 27.0 Å². The number of carbonyl (C=O) groups is 1. The molecule has 0 aliphatic carbocycles. The molecule has 2 aromatic heterocycles. The Morgan fingerprint density at radius 3 is 3.04 bits per heavy atom. The zero-order chi connectivity index (χ0) is 19.3. The summed E-state index contributed by atoms with van der Waals surface area (Å²) in [6.45, 7) is 2.79. The van der Waals surface area contributed by atoms with Crippen molar-refractivity contribution in [3.05, 3.63) is 53.6 Å². The number of nitrogens with zero attached hydrogens (tertiary/aromatic N) is 4. The molecule has 5 rings (SSSR count). The van der Waals surface area contributed by atoms with Crippen molar-refractivity contribution in [3.8, 4) is 0 Å². The number of aromatic nitrogens is 3. The lowest BCUT2D eigenvalue weighted by atomic mass is 9.92. The third-order valence-electron chi connectivity index (χ3n) is 5.92. The van der Waals surface area contributed by atoms with Crippen LogP contribution in [0.5, 0.6) is 0 Å². The number of fused-ring (bicyclic) bond motifs is 5. The number of amides is 1. The summed E-state index contributed by atoms with van der Waals surface area (Å²) in [5, 5.41) is 7.27. The van der Waals surface area contributed by atoms with Gasteiger partial charge in [0.2, 0.25) is 5.91 Å². The smallest absolute Gasteiger partial charge is 0.227 e. The normalized spacial score (nSPS) is 22.2. The van der Waals surface area contributed by atoms with Crippen molar-refractivity contribution in [2.24, 2.45) is 5.92 Å². The second-order valence-electron chi connectivity index (χ2n) is 7.74. The Labute approximate surface area is 162 Å². The molecular weight excluding hydrogens is 357 g/mol. The van der Waals surface area contributed by atoms with Crippen LogP contribution in [-0.2, 0) is 11.2 Å². The maximum atomic E-state index is 14.1. The van der Waals surface area contributed by atoms with Crippen molar-refractivity contribution in [2.75, 3.05) is 16.8 Å². The van der Waals surface area contributed by atoms with Crippen LogP contribution >= 0.6 is 0 Å². The van der Waals surface area contributed by atoms with Gasteiger partial charge in [-0.3, -0.25) is 4.79 Å². The first kappa shape index (κ1) is 17.2. The summed E-state index contributed by atoms with van der Waals surface area (Å²) in [5.74, 6) is 0.387. The molecule has 7 heteroatoms. The highest BCUT2D eigenvalue weighted by Crippen LogP contribution is 2.38. The highest BCUT2D eigenvalue weighted by Gasteiger charge is 2.30. The largest absolute Gasteiger partial charge is 0.349 e. The van der Waals surface area contributed by atoms with Gasteiger partial charge in [-0.1, -0.05) is 13.0 Å². The average Bonchev–Trinajstić information content (AvgIpc) is 3.33. The molecule has 2 bridgehead atoms. The molecule has 4 heterocycles. The summed E-state index contributed by atoms with van der Waals surface area (Å²) >= 11 is 0. The first-order valence-corrected chi connectivity index (χ1v) is 9.80. The number of rotatable bonds is 0. The molecule has 0 saturated carbocycles. The zero-order valence-corrected chi connectivity index (χ0v) is 15.7. The lowest BCUT2D eigenvalue weighted by Gasteiger charge is -2.28. The highest BCUT2D eigenvalue weighted by atomic mass is 19.1. The molecule has 144 valence electrons. The highest BCUT2D eigenvalue weighted by molar-refractivity contribution is 5.95. The van der Waals surface area contributed by atoms with Gasteiger partial charge in [0.05, 0.1) is 12.2 Å². The van der Waals surface area contributed by atoms with Crippen LogP contribution in [0.4, 0.5) is 15.9 Å². The van der Waals surface area contributed by atoms with E-state index in [2.05, 4.69) is 15.3 Å². The SMILES string of the molecule is CC1CCc2ccc(F)cc2C2CCCN2c2ccn3ncc(c3n2)NC1=O. The van der Waals surface area contributed by atoms with Gasteiger partial charge in [-0.2, -0.15) is 5.10 Å². The van der Waals surface area contributed by atoms with Crippen molar-refractivity contribution in [2.45, 2.75) is 38.6 Å². The number of halogens is 1.